The summed E-state index contributed by atoms with van der Waals surface area (Å²) in [6.07, 6.45) is 1.68. The highest BCUT2D eigenvalue weighted by molar-refractivity contribution is 5.78. The van der Waals surface area contributed by atoms with Crippen LogP contribution in [0.3, 0.4) is 0 Å². The summed E-state index contributed by atoms with van der Waals surface area (Å²) in [5, 5.41) is 4.08. The summed E-state index contributed by atoms with van der Waals surface area (Å²) in [6.45, 7) is 7.70. The average molecular weight is 266 g/mol. The van der Waals surface area contributed by atoms with Crippen molar-refractivity contribution >= 4 is 5.96 Å². The molecule has 19 heavy (non-hydrogen) atoms. The summed E-state index contributed by atoms with van der Waals surface area (Å²) in [4.78, 5) is 6.52. The highest BCUT2D eigenvalue weighted by Gasteiger charge is 2.15. The summed E-state index contributed by atoms with van der Waals surface area (Å²) in [7, 11) is 0. The van der Waals surface area contributed by atoms with Gasteiger partial charge in [0, 0.05) is 25.1 Å². The molecule has 2 N–H and O–H groups in total. The van der Waals surface area contributed by atoms with E-state index in [9.17, 15) is 0 Å². The van der Waals surface area contributed by atoms with E-state index in [4.69, 9.17) is 15.0 Å². The standard InChI is InChI=1S/C13H22N4O2/c1-3-11-10(12(4-2)19-16-11)9-15-13(14)17-5-7-18-8-6-17/h3-9H2,1-2H3,(H2,14,15). The Morgan fingerprint density at radius 1 is 1.32 bits per heavy atom. The van der Waals surface area contributed by atoms with Crippen molar-refractivity contribution in [1.29, 1.82) is 0 Å². The zero-order chi connectivity index (χ0) is 13.7. The van der Waals surface area contributed by atoms with E-state index in [1.807, 2.05) is 4.90 Å². The number of nitrogens with zero attached hydrogens (tertiary/aromatic N) is 3. The first-order valence-corrected chi connectivity index (χ1v) is 6.85. The van der Waals surface area contributed by atoms with Gasteiger partial charge in [0.05, 0.1) is 25.5 Å². The second-order valence-electron chi connectivity index (χ2n) is 4.51. The van der Waals surface area contributed by atoms with Crippen molar-refractivity contribution in [2.45, 2.75) is 33.2 Å². The quantitative estimate of drug-likeness (QED) is 0.648. The lowest BCUT2D eigenvalue weighted by Crippen LogP contribution is -2.44. The molecular formula is C13H22N4O2. The number of ether oxygens (including phenoxy) is 1. The second-order valence-corrected chi connectivity index (χ2v) is 4.51. The second kappa shape index (κ2) is 6.56. The molecule has 2 heterocycles. The minimum atomic E-state index is 0.541. The molecule has 0 atom stereocenters. The van der Waals surface area contributed by atoms with Gasteiger partial charge in [-0.15, -0.1) is 0 Å². The lowest BCUT2D eigenvalue weighted by molar-refractivity contribution is 0.0674. The van der Waals surface area contributed by atoms with Crippen LogP contribution in [0.1, 0.15) is 30.9 Å². The predicted molar refractivity (Wildman–Crippen MR) is 73.0 cm³/mol. The number of aromatic nitrogens is 1. The van der Waals surface area contributed by atoms with Gasteiger partial charge in [-0.3, -0.25) is 0 Å². The van der Waals surface area contributed by atoms with Gasteiger partial charge in [-0.05, 0) is 6.42 Å². The van der Waals surface area contributed by atoms with Crippen LogP contribution in [-0.2, 0) is 24.1 Å². The first-order chi connectivity index (χ1) is 9.26. The number of morpholine rings is 1. The van der Waals surface area contributed by atoms with Crippen molar-refractivity contribution in [3.05, 3.63) is 17.0 Å². The maximum Gasteiger partial charge on any atom is 0.191 e. The van der Waals surface area contributed by atoms with Crippen LogP contribution in [0, 0.1) is 0 Å². The predicted octanol–water partition coefficient (Wildman–Crippen LogP) is 0.946. The number of hydrogen-bond donors (Lipinski definition) is 1. The lowest BCUT2D eigenvalue weighted by atomic mass is 10.1. The molecule has 6 nitrogen and oxygen atoms in total. The van der Waals surface area contributed by atoms with Crippen molar-refractivity contribution in [3.8, 4) is 0 Å². The molecule has 0 radical (unpaired) electrons. The monoisotopic (exact) mass is 266 g/mol. The molecule has 0 aromatic carbocycles. The van der Waals surface area contributed by atoms with E-state index in [0.717, 1.165) is 42.9 Å². The van der Waals surface area contributed by atoms with Crippen molar-refractivity contribution in [1.82, 2.24) is 10.1 Å². The highest BCUT2D eigenvalue weighted by atomic mass is 16.5. The molecule has 2 rings (SSSR count). The van der Waals surface area contributed by atoms with E-state index < -0.39 is 0 Å². The smallest absolute Gasteiger partial charge is 0.191 e. The molecular weight excluding hydrogens is 244 g/mol. The Balaban J connectivity index is 2.05. The normalized spacial score (nSPS) is 16.9. The summed E-state index contributed by atoms with van der Waals surface area (Å²) < 4.78 is 10.6. The summed E-state index contributed by atoms with van der Waals surface area (Å²) in [6, 6.07) is 0. The third-order valence-electron chi connectivity index (χ3n) is 3.34. The SMILES string of the molecule is CCc1noc(CC)c1CN=C(N)N1CCOCC1. The Morgan fingerprint density at radius 3 is 2.68 bits per heavy atom. The van der Waals surface area contributed by atoms with Crippen LogP contribution in [0.4, 0.5) is 0 Å². The first kappa shape index (κ1) is 13.9. The van der Waals surface area contributed by atoms with Crippen LogP contribution in [0.15, 0.2) is 9.52 Å². The Bertz CT molecular complexity index is 414. The molecule has 106 valence electrons. The van der Waals surface area contributed by atoms with Gasteiger partial charge in [0.1, 0.15) is 5.76 Å². The lowest BCUT2D eigenvalue weighted by Gasteiger charge is -2.27. The van der Waals surface area contributed by atoms with Gasteiger partial charge < -0.3 is 19.9 Å². The topological polar surface area (TPSA) is 76.9 Å². The number of aliphatic imine (C=N–C) groups is 1. The fraction of sp³-hybridized carbons (Fsp3) is 0.692. The molecule has 1 aromatic rings. The molecule has 0 aliphatic carbocycles. The Morgan fingerprint density at radius 2 is 2.05 bits per heavy atom. The molecule has 6 heteroatoms. The fourth-order valence-electron chi connectivity index (χ4n) is 2.17. The molecule has 1 aromatic heterocycles. The Kier molecular flexibility index (Phi) is 4.79. The van der Waals surface area contributed by atoms with E-state index in [0.29, 0.717) is 25.7 Å². The van der Waals surface area contributed by atoms with E-state index in [2.05, 4.69) is 24.0 Å². The van der Waals surface area contributed by atoms with Crippen molar-refractivity contribution < 1.29 is 9.26 Å². The van der Waals surface area contributed by atoms with Gasteiger partial charge in [0.25, 0.3) is 0 Å². The zero-order valence-corrected chi connectivity index (χ0v) is 11.7. The maximum atomic E-state index is 6.02. The van der Waals surface area contributed by atoms with E-state index in [-0.39, 0.29) is 0 Å². The van der Waals surface area contributed by atoms with Crippen molar-refractivity contribution in [2.75, 3.05) is 26.3 Å². The molecule has 1 aliphatic rings. The molecule has 1 fully saturated rings. The first-order valence-electron chi connectivity index (χ1n) is 6.85. The van der Waals surface area contributed by atoms with Crippen molar-refractivity contribution in [2.24, 2.45) is 10.7 Å². The molecule has 0 saturated carbocycles. The van der Waals surface area contributed by atoms with Crippen LogP contribution in [0.2, 0.25) is 0 Å². The summed E-state index contributed by atoms with van der Waals surface area (Å²) >= 11 is 0. The minimum Gasteiger partial charge on any atom is -0.378 e. The Hall–Kier alpha value is -1.56. The van der Waals surface area contributed by atoms with Crippen LogP contribution < -0.4 is 5.73 Å². The van der Waals surface area contributed by atoms with E-state index >= 15 is 0 Å². The minimum absolute atomic E-state index is 0.541. The number of guanidine groups is 1. The zero-order valence-electron chi connectivity index (χ0n) is 11.7. The highest BCUT2D eigenvalue weighted by Crippen LogP contribution is 2.16. The van der Waals surface area contributed by atoms with Crippen molar-refractivity contribution in [3.63, 3.8) is 0 Å². The molecule has 0 spiro atoms. The average Bonchev–Trinajstić information content (AvgIpc) is 2.87. The number of rotatable bonds is 4. The molecule has 0 unspecified atom stereocenters. The number of aryl methyl sites for hydroxylation is 2. The molecule has 1 aliphatic heterocycles. The maximum absolute atomic E-state index is 6.02. The van der Waals surface area contributed by atoms with Crippen LogP contribution in [0.5, 0.6) is 0 Å². The Labute approximate surface area is 113 Å². The van der Waals surface area contributed by atoms with Crippen LogP contribution in [0.25, 0.3) is 0 Å². The van der Waals surface area contributed by atoms with E-state index in [1.165, 1.54) is 0 Å². The van der Waals surface area contributed by atoms with Crippen LogP contribution >= 0.6 is 0 Å². The van der Waals surface area contributed by atoms with E-state index in [1.54, 1.807) is 0 Å². The fourth-order valence-corrected chi connectivity index (χ4v) is 2.17. The third-order valence-corrected chi connectivity index (χ3v) is 3.34. The molecule has 0 amide bonds. The van der Waals surface area contributed by atoms with Gasteiger partial charge in [-0.1, -0.05) is 19.0 Å². The molecule has 0 bridgehead atoms. The van der Waals surface area contributed by atoms with Gasteiger partial charge in [0.15, 0.2) is 5.96 Å². The molecule has 1 saturated heterocycles. The van der Waals surface area contributed by atoms with Crippen LogP contribution in [-0.4, -0.2) is 42.3 Å². The summed E-state index contributed by atoms with van der Waals surface area (Å²) in [5.41, 5.74) is 8.08. The number of hydrogen-bond acceptors (Lipinski definition) is 4. The van der Waals surface area contributed by atoms with Gasteiger partial charge >= 0.3 is 0 Å². The van der Waals surface area contributed by atoms with Gasteiger partial charge in [-0.2, -0.15) is 0 Å². The largest absolute Gasteiger partial charge is 0.378 e. The third kappa shape index (κ3) is 3.26. The number of nitrogens with two attached hydrogens (primary N) is 1. The summed E-state index contributed by atoms with van der Waals surface area (Å²) in [5.74, 6) is 1.49. The van der Waals surface area contributed by atoms with Gasteiger partial charge in [-0.25, -0.2) is 4.99 Å². The van der Waals surface area contributed by atoms with Gasteiger partial charge in [0.2, 0.25) is 0 Å².